The molecule has 72 valence electrons. The number of piperidine rings is 1. The van der Waals surface area contributed by atoms with Crippen LogP contribution in [0.5, 0.6) is 0 Å². The van der Waals surface area contributed by atoms with Gasteiger partial charge in [0.2, 0.25) is 0 Å². The van der Waals surface area contributed by atoms with Crippen molar-refractivity contribution in [2.75, 3.05) is 13.6 Å². The second-order valence-electron chi connectivity index (χ2n) is 5.39. The van der Waals surface area contributed by atoms with E-state index in [9.17, 15) is 0 Å². The molecule has 0 saturated carbocycles. The maximum absolute atomic E-state index is 2.49. The van der Waals surface area contributed by atoms with Crippen molar-refractivity contribution in [2.24, 2.45) is 11.3 Å². The lowest BCUT2D eigenvalue weighted by Crippen LogP contribution is -2.59. The van der Waals surface area contributed by atoms with Gasteiger partial charge in [0, 0.05) is 5.54 Å². The Balaban J connectivity index is 2.92. The molecule has 1 atom stereocenters. The van der Waals surface area contributed by atoms with Gasteiger partial charge in [0.05, 0.1) is 0 Å². The molecule has 0 N–H and O–H groups in total. The fourth-order valence-corrected chi connectivity index (χ4v) is 2.12. The largest absolute Gasteiger partial charge is 0.301 e. The molecule has 0 amide bonds. The van der Waals surface area contributed by atoms with Crippen LogP contribution in [0.2, 0.25) is 0 Å². The zero-order valence-electron chi connectivity index (χ0n) is 9.44. The molecule has 1 nitrogen and oxygen atoms in total. The van der Waals surface area contributed by atoms with Crippen LogP contribution in [0.25, 0.3) is 0 Å². The van der Waals surface area contributed by atoms with Gasteiger partial charge in [0.15, 0.2) is 0 Å². The molecule has 0 aliphatic carbocycles. The minimum Gasteiger partial charge on any atom is -0.301 e. The lowest BCUT2D eigenvalue weighted by Gasteiger charge is -2.55. The number of nitrogens with zero attached hydrogens (tertiary/aromatic N) is 1. The van der Waals surface area contributed by atoms with Crippen LogP contribution >= 0.6 is 0 Å². The molecule has 0 bridgehead atoms. The van der Waals surface area contributed by atoms with Crippen molar-refractivity contribution in [1.29, 1.82) is 0 Å². The molecule has 1 rings (SSSR count). The Labute approximate surface area is 77.1 Å². The first kappa shape index (κ1) is 10.0. The molecule has 0 aromatic rings. The molecule has 0 aromatic carbocycles. The molecule has 1 fully saturated rings. The van der Waals surface area contributed by atoms with E-state index < -0.39 is 0 Å². The fourth-order valence-electron chi connectivity index (χ4n) is 2.12. The third kappa shape index (κ3) is 1.19. The van der Waals surface area contributed by atoms with E-state index in [1.807, 2.05) is 0 Å². The first-order valence-electron chi connectivity index (χ1n) is 5.01. The molecule has 1 unspecified atom stereocenters. The first-order valence-corrected chi connectivity index (χ1v) is 5.01. The molecule has 1 heteroatoms. The Morgan fingerprint density at radius 1 is 1.17 bits per heavy atom. The molecule has 1 aliphatic heterocycles. The number of rotatable bonds is 0. The van der Waals surface area contributed by atoms with Crippen molar-refractivity contribution >= 4 is 0 Å². The van der Waals surface area contributed by atoms with E-state index in [2.05, 4.69) is 46.6 Å². The summed E-state index contributed by atoms with van der Waals surface area (Å²) in [4.78, 5) is 2.49. The minimum absolute atomic E-state index is 0.338. The Morgan fingerprint density at radius 3 is 2.08 bits per heavy atom. The summed E-state index contributed by atoms with van der Waals surface area (Å²) in [5, 5.41) is 0. The van der Waals surface area contributed by atoms with E-state index in [0.29, 0.717) is 11.0 Å². The molecule has 0 spiro atoms. The van der Waals surface area contributed by atoms with E-state index in [1.165, 1.54) is 13.0 Å². The fraction of sp³-hybridized carbons (Fsp3) is 1.00. The van der Waals surface area contributed by atoms with Gasteiger partial charge in [-0.2, -0.15) is 0 Å². The van der Waals surface area contributed by atoms with Crippen molar-refractivity contribution in [3.05, 3.63) is 0 Å². The molecule has 0 aromatic heterocycles. The van der Waals surface area contributed by atoms with Crippen molar-refractivity contribution in [3.8, 4) is 0 Å². The van der Waals surface area contributed by atoms with Crippen LogP contribution in [0, 0.1) is 11.3 Å². The van der Waals surface area contributed by atoms with E-state index in [0.717, 1.165) is 5.92 Å². The van der Waals surface area contributed by atoms with Crippen molar-refractivity contribution in [3.63, 3.8) is 0 Å². The van der Waals surface area contributed by atoms with E-state index in [1.54, 1.807) is 0 Å². The average molecular weight is 169 g/mol. The molecule has 0 radical (unpaired) electrons. The number of likely N-dealkylation sites (tertiary alicyclic amines) is 1. The SMILES string of the molecule is CC1CCN(C)C(C)(C)C1(C)C. The Bertz CT molecular complexity index is 150. The average Bonchev–Trinajstić information content (AvgIpc) is 1.96. The molecule has 1 aliphatic rings. The zero-order chi connectivity index (χ0) is 9.57. The number of hydrogen-bond donors (Lipinski definition) is 0. The van der Waals surface area contributed by atoms with Crippen LogP contribution < -0.4 is 0 Å². The first-order chi connectivity index (χ1) is 5.30. The van der Waals surface area contributed by atoms with Crippen molar-refractivity contribution in [2.45, 2.75) is 46.6 Å². The third-order valence-corrected chi connectivity index (χ3v) is 4.66. The lowest BCUT2D eigenvalue weighted by molar-refractivity contribution is -0.0509. The van der Waals surface area contributed by atoms with Crippen LogP contribution in [0.3, 0.4) is 0 Å². The topological polar surface area (TPSA) is 3.24 Å². The summed E-state index contributed by atoms with van der Waals surface area (Å²) in [6.07, 6.45) is 1.34. The van der Waals surface area contributed by atoms with Gasteiger partial charge in [-0.25, -0.2) is 0 Å². The van der Waals surface area contributed by atoms with Gasteiger partial charge >= 0.3 is 0 Å². The number of hydrogen-bond acceptors (Lipinski definition) is 1. The highest BCUT2D eigenvalue weighted by atomic mass is 15.2. The maximum atomic E-state index is 2.49. The van der Waals surface area contributed by atoms with Crippen molar-refractivity contribution in [1.82, 2.24) is 4.90 Å². The summed E-state index contributed by atoms with van der Waals surface area (Å²) in [7, 11) is 2.24. The minimum atomic E-state index is 0.338. The van der Waals surface area contributed by atoms with E-state index >= 15 is 0 Å². The van der Waals surface area contributed by atoms with Gasteiger partial charge in [-0.15, -0.1) is 0 Å². The van der Waals surface area contributed by atoms with E-state index in [4.69, 9.17) is 0 Å². The smallest absolute Gasteiger partial charge is 0.0203 e. The summed E-state index contributed by atoms with van der Waals surface area (Å²) in [5.74, 6) is 0.837. The quantitative estimate of drug-likeness (QED) is 0.539. The Morgan fingerprint density at radius 2 is 1.67 bits per heavy atom. The molecular formula is C11H23N. The van der Waals surface area contributed by atoms with Crippen LogP contribution in [-0.2, 0) is 0 Å². The normalized spacial score (nSPS) is 35.0. The molecular weight excluding hydrogens is 146 g/mol. The van der Waals surface area contributed by atoms with Crippen LogP contribution in [0.15, 0.2) is 0 Å². The van der Waals surface area contributed by atoms with Crippen LogP contribution in [0.1, 0.15) is 41.0 Å². The van der Waals surface area contributed by atoms with Crippen LogP contribution in [0.4, 0.5) is 0 Å². The van der Waals surface area contributed by atoms with Crippen LogP contribution in [-0.4, -0.2) is 24.0 Å². The summed E-state index contributed by atoms with van der Waals surface area (Å²) in [6.45, 7) is 13.2. The summed E-state index contributed by atoms with van der Waals surface area (Å²) in [5.41, 5.74) is 0.769. The Kier molecular flexibility index (Phi) is 2.28. The summed E-state index contributed by atoms with van der Waals surface area (Å²) < 4.78 is 0. The van der Waals surface area contributed by atoms with Gasteiger partial charge in [-0.05, 0) is 45.2 Å². The van der Waals surface area contributed by atoms with E-state index in [-0.39, 0.29) is 0 Å². The highest BCUT2D eigenvalue weighted by molar-refractivity contribution is 5.00. The standard InChI is InChI=1S/C11H23N/c1-9-7-8-12(6)11(4,5)10(9,2)3/h9H,7-8H2,1-6H3. The van der Waals surface area contributed by atoms with Gasteiger partial charge in [-0.1, -0.05) is 20.8 Å². The highest BCUT2D eigenvalue weighted by Gasteiger charge is 2.46. The van der Waals surface area contributed by atoms with Gasteiger partial charge in [0.1, 0.15) is 0 Å². The summed E-state index contributed by atoms with van der Waals surface area (Å²) >= 11 is 0. The predicted octanol–water partition coefficient (Wildman–Crippen LogP) is 2.76. The second-order valence-corrected chi connectivity index (χ2v) is 5.39. The summed E-state index contributed by atoms with van der Waals surface area (Å²) in [6, 6.07) is 0. The second kappa shape index (κ2) is 2.73. The molecule has 1 heterocycles. The third-order valence-electron chi connectivity index (χ3n) is 4.66. The monoisotopic (exact) mass is 169 g/mol. The van der Waals surface area contributed by atoms with Gasteiger partial charge < -0.3 is 4.90 Å². The van der Waals surface area contributed by atoms with Crippen molar-refractivity contribution < 1.29 is 0 Å². The van der Waals surface area contributed by atoms with Gasteiger partial charge in [0.25, 0.3) is 0 Å². The Hall–Kier alpha value is -0.0400. The molecule has 12 heavy (non-hydrogen) atoms. The molecule has 1 saturated heterocycles. The van der Waals surface area contributed by atoms with Gasteiger partial charge in [-0.3, -0.25) is 0 Å². The zero-order valence-corrected chi connectivity index (χ0v) is 9.44. The highest BCUT2D eigenvalue weighted by Crippen LogP contribution is 2.46. The lowest BCUT2D eigenvalue weighted by atomic mass is 9.62. The predicted molar refractivity (Wildman–Crippen MR) is 54.3 cm³/mol. The maximum Gasteiger partial charge on any atom is 0.0203 e.